The zero-order valence-electron chi connectivity index (χ0n) is 12.1. The van der Waals surface area contributed by atoms with Gasteiger partial charge < -0.3 is 9.64 Å². The minimum atomic E-state index is -0.397. The van der Waals surface area contributed by atoms with Gasteiger partial charge in [-0.2, -0.15) is 0 Å². The van der Waals surface area contributed by atoms with Crippen molar-refractivity contribution in [1.82, 2.24) is 4.90 Å². The highest BCUT2D eigenvalue weighted by Gasteiger charge is 2.15. The molecule has 20 heavy (non-hydrogen) atoms. The average Bonchev–Trinajstić information content (AvgIpc) is 2.46. The number of benzene rings is 1. The number of ether oxygens (including phenoxy) is 1. The minimum Gasteiger partial charge on any atom is -0.468 e. The molecule has 4 heteroatoms. The molecule has 0 unspecified atom stereocenters. The maximum atomic E-state index is 12.1. The van der Waals surface area contributed by atoms with Crippen molar-refractivity contribution in [1.29, 1.82) is 0 Å². The van der Waals surface area contributed by atoms with Gasteiger partial charge in [-0.25, -0.2) is 0 Å². The van der Waals surface area contributed by atoms with Gasteiger partial charge in [0.2, 0.25) is 5.91 Å². The van der Waals surface area contributed by atoms with Gasteiger partial charge in [0, 0.05) is 7.05 Å². The molecule has 0 spiro atoms. The van der Waals surface area contributed by atoms with Gasteiger partial charge in [-0.3, -0.25) is 9.59 Å². The quantitative estimate of drug-likeness (QED) is 0.786. The van der Waals surface area contributed by atoms with E-state index in [-0.39, 0.29) is 12.5 Å². The Labute approximate surface area is 119 Å². The molecule has 0 N–H and O–H groups in total. The molecule has 0 bridgehead atoms. The normalized spacial score (nSPS) is 13.5. The third kappa shape index (κ3) is 3.59. The summed E-state index contributed by atoms with van der Waals surface area (Å²) in [5, 5.41) is 0. The van der Waals surface area contributed by atoms with E-state index >= 15 is 0 Å². The Morgan fingerprint density at radius 2 is 1.90 bits per heavy atom. The van der Waals surface area contributed by atoms with Crippen LogP contribution in [0.2, 0.25) is 0 Å². The smallest absolute Gasteiger partial charge is 0.325 e. The zero-order valence-corrected chi connectivity index (χ0v) is 12.1. The van der Waals surface area contributed by atoms with Gasteiger partial charge >= 0.3 is 5.97 Å². The number of carbonyl (C=O) groups excluding carboxylic acids is 2. The molecule has 1 aromatic carbocycles. The standard InChI is InChI=1S/C16H21NO3/c1-17(11-16(19)20-2)15(18)10-12-7-8-13-5-3-4-6-14(13)9-12/h7-9H,3-6,10-11H2,1-2H3. The summed E-state index contributed by atoms with van der Waals surface area (Å²) in [5.41, 5.74) is 3.81. The maximum Gasteiger partial charge on any atom is 0.325 e. The number of likely N-dealkylation sites (N-methyl/N-ethyl adjacent to an activating group) is 1. The van der Waals surface area contributed by atoms with Crippen molar-refractivity contribution in [2.24, 2.45) is 0 Å². The van der Waals surface area contributed by atoms with E-state index < -0.39 is 5.97 Å². The SMILES string of the molecule is COC(=O)CN(C)C(=O)Cc1ccc2c(c1)CCCC2. The summed E-state index contributed by atoms with van der Waals surface area (Å²) in [6.45, 7) is 0.000272. The second-order valence-electron chi connectivity index (χ2n) is 5.31. The van der Waals surface area contributed by atoms with Crippen molar-refractivity contribution in [3.05, 3.63) is 34.9 Å². The fraction of sp³-hybridized carbons (Fsp3) is 0.500. The number of hydrogen-bond acceptors (Lipinski definition) is 3. The van der Waals surface area contributed by atoms with E-state index in [2.05, 4.69) is 16.9 Å². The monoisotopic (exact) mass is 275 g/mol. The summed E-state index contributed by atoms with van der Waals surface area (Å²) < 4.78 is 4.56. The first kappa shape index (κ1) is 14.6. The molecular formula is C16H21NO3. The summed E-state index contributed by atoms with van der Waals surface area (Å²) in [5.74, 6) is -0.461. The Morgan fingerprint density at radius 1 is 1.20 bits per heavy atom. The molecule has 1 aliphatic carbocycles. The molecule has 108 valence electrons. The summed E-state index contributed by atoms with van der Waals surface area (Å²) in [6, 6.07) is 6.30. The third-order valence-electron chi connectivity index (χ3n) is 3.79. The van der Waals surface area contributed by atoms with Crippen LogP contribution in [0.4, 0.5) is 0 Å². The van der Waals surface area contributed by atoms with Gasteiger partial charge in [0.1, 0.15) is 6.54 Å². The summed E-state index contributed by atoms with van der Waals surface area (Å²) in [6.07, 6.45) is 5.07. The first-order valence-corrected chi connectivity index (χ1v) is 7.01. The molecule has 0 saturated carbocycles. The van der Waals surface area contributed by atoms with Crippen molar-refractivity contribution < 1.29 is 14.3 Å². The van der Waals surface area contributed by atoms with E-state index in [9.17, 15) is 9.59 Å². The van der Waals surface area contributed by atoms with Crippen molar-refractivity contribution in [2.75, 3.05) is 20.7 Å². The Hall–Kier alpha value is -1.84. The lowest BCUT2D eigenvalue weighted by atomic mass is 9.90. The van der Waals surface area contributed by atoms with Crippen LogP contribution in [0.15, 0.2) is 18.2 Å². The van der Waals surface area contributed by atoms with Gasteiger partial charge in [-0.05, 0) is 42.4 Å². The molecule has 2 rings (SSSR count). The van der Waals surface area contributed by atoms with Crippen molar-refractivity contribution in [3.8, 4) is 0 Å². The van der Waals surface area contributed by atoms with Crippen LogP contribution in [0, 0.1) is 0 Å². The third-order valence-corrected chi connectivity index (χ3v) is 3.79. The molecule has 0 aliphatic heterocycles. The van der Waals surface area contributed by atoms with Gasteiger partial charge in [0.15, 0.2) is 0 Å². The second-order valence-corrected chi connectivity index (χ2v) is 5.31. The zero-order chi connectivity index (χ0) is 14.5. The molecular weight excluding hydrogens is 254 g/mol. The number of rotatable bonds is 4. The molecule has 0 saturated heterocycles. The highest BCUT2D eigenvalue weighted by molar-refractivity contribution is 5.83. The van der Waals surface area contributed by atoms with Crippen molar-refractivity contribution >= 4 is 11.9 Å². The van der Waals surface area contributed by atoms with E-state index in [0.717, 1.165) is 18.4 Å². The number of aryl methyl sites for hydroxylation is 2. The first-order chi connectivity index (χ1) is 9.60. The molecule has 1 aliphatic rings. The van der Waals surface area contributed by atoms with Crippen LogP contribution < -0.4 is 0 Å². The van der Waals surface area contributed by atoms with Crippen LogP contribution in [-0.2, 0) is 33.6 Å². The summed E-state index contributed by atoms with van der Waals surface area (Å²) in [4.78, 5) is 24.6. The number of esters is 1. The highest BCUT2D eigenvalue weighted by Crippen LogP contribution is 2.22. The van der Waals surface area contributed by atoms with Gasteiger partial charge in [-0.15, -0.1) is 0 Å². The van der Waals surface area contributed by atoms with Gasteiger partial charge in [0.05, 0.1) is 13.5 Å². The molecule has 0 aromatic heterocycles. The lowest BCUT2D eigenvalue weighted by Gasteiger charge is -2.18. The Morgan fingerprint density at radius 3 is 2.60 bits per heavy atom. The topological polar surface area (TPSA) is 46.6 Å². The lowest BCUT2D eigenvalue weighted by Crippen LogP contribution is -2.33. The van der Waals surface area contributed by atoms with E-state index in [0.29, 0.717) is 6.42 Å². The number of fused-ring (bicyclic) bond motifs is 1. The highest BCUT2D eigenvalue weighted by atomic mass is 16.5. The Bertz CT molecular complexity index is 510. The molecule has 4 nitrogen and oxygen atoms in total. The van der Waals surface area contributed by atoms with E-state index in [1.165, 1.54) is 36.0 Å². The number of hydrogen-bond donors (Lipinski definition) is 0. The number of amides is 1. The van der Waals surface area contributed by atoms with E-state index in [1.54, 1.807) is 7.05 Å². The first-order valence-electron chi connectivity index (χ1n) is 7.01. The van der Waals surface area contributed by atoms with Crippen LogP contribution in [-0.4, -0.2) is 37.5 Å². The van der Waals surface area contributed by atoms with Crippen molar-refractivity contribution in [2.45, 2.75) is 32.1 Å². The summed E-state index contributed by atoms with van der Waals surface area (Å²) in [7, 11) is 2.95. The van der Waals surface area contributed by atoms with Crippen LogP contribution in [0.1, 0.15) is 29.5 Å². The Kier molecular flexibility index (Phi) is 4.77. The molecule has 0 atom stereocenters. The lowest BCUT2D eigenvalue weighted by molar-refractivity contribution is -0.145. The number of methoxy groups -OCH3 is 1. The largest absolute Gasteiger partial charge is 0.468 e. The average molecular weight is 275 g/mol. The predicted molar refractivity (Wildman–Crippen MR) is 76.4 cm³/mol. The number of nitrogens with zero attached hydrogens (tertiary/aromatic N) is 1. The maximum absolute atomic E-state index is 12.1. The predicted octanol–water partition coefficient (Wildman–Crippen LogP) is 1.74. The van der Waals surface area contributed by atoms with Gasteiger partial charge in [-0.1, -0.05) is 18.2 Å². The molecule has 0 fully saturated rings. The molecule has 0 heterocycles. The Balaban J connectivity index is 1.99. The second kappa shape index (κ2) is 6.55. The fourth-order valence-electron chi connectivity index (χ4n) is 2.55. The van der Waals surface area contributed by atoms with Crippen LogP contribution in [0.3, 0.4) is 0 Å². The van der Waals surface area contributed by atoms with Gasteiger partial charge in [0.25, 0.3) is 0 Å². The van der Waals surface area contributed by atoms with E-state index in [1.807, 2.05) is 6.07 Å². The molecule has 1 amide bonds. The summed E-state index contributed by atoms with van der Waals surface area (Å²) >= 11 is 0. The molecule has 1 aromatic rings. The minimum absolute atomic E-state index is 0.000272. The molecule has 0 radical (unpaired) electrons. The van der Waals surface area contributed by atoms with E-state index in [4.69, 9.17) is 0 Å². The fourth-order valence-corrected chi connectivity index (χ4v) is 2.55. The van der Waals surface area contributed by atoms with Crippen LogP contribution in [0.25, 0.3) is 0 Å². The van der Waals surface area contributed by atoms with Crippen molar-refractivity contribution in [3.63, 3.8) is 0 Å². The van der Waals surface area contributed by atoms with Crippen LogP contribution in [0.5, 0.6) is 0 Å². The number of carbonyl (C=O) groups is 2. The van der Waals surface area contributed by atoms with Crippen LogP contribution >= 0.6 is 0 Å².